The van der Waals surface area contributed by atoms with E-state index in [-0.39, 0.29) is 17.7 Å². The van der Waals surface area contributed by atoms with Crippen molar-refractivity contribution in [2.24, 2.45) is 5.92 Å². The number of para-hydroxylation sites is 2. The summed E-state index contributed by atoms with van der Waals surface area (Å²) in [5.74, 6) is -0.905. The topological polar surface area (TPSA) is 108 Å². The number of amides is 3. The SMILES string of the molecule is CCC(C)N(C(=O)C(CC(C)C)NC(=O)OC(C)(C)C)C(C(=O)Nc1c(C)cccc1C)c1ccccc1O. The third kappa shape index (κ3) is 8.73. The molecule has 0 aliphatic carbocycles. The lowest BCUT2D eigenvalue weighted by atomic mass is 9.96. The number of anilines is 1. The second-order valence-corrected chi connectivity index (χ2v) is 11.5. The van der Waals surface area contributed by atoms with Crippen LogP contribution >= 0.6 is 0 Å². The van der Waals surface area contributed by atoms with Crippen molar-refractivity contribution in [3.63, 3.8) is 0 Å². The summed E-state index contributed by atoms with van der Waals surface area (Å²) in [6, 6.07) is 9.77. The third-order valence-corrected chi connectivity index (χ3v) is 6.50. The first kappa shape index (κ1) is 31.7. The first-order valence-electron chi connectivity index (χ1n) is 13.6. The second-order valence-electron chi connectivity index (χ2n) is 11.5. The molecule has 3 atom stereocenters. The van der Waals surface area contributed by atoms with E-state index in [0.29, 0.717) is 24.1 Å². The fourth-order valence-corrected chi connectivity index (χ4v) is 4.46. The fraction of sp³-hybridized carbons (Fsp3) is 0.516. The van der Waals surface area contributed by atoms with E-state index in [9.17, 15) is 19.5 Å². The summed E-state index contributed by atoms with van der Waals surface area (Å²) in [7, 11) is 0. The lowest BCUT2D eigenvalue weighted by Gasteiger charge is -2.38. The Balaban J connectivity index is 2.62. The van der Waals surface area contributed by atoms with Crippen molar-refractivity contribution in [3.05, 3.63) is 59.2 Å². The van der Waals surface area contributed by atoms with Crippen molar-refractivity contribution in [2.75, 3.05) is 5.32 Å². The van der Waals surface area contributed by atoms with Gasteiger partial charge < -0.3 is 25.4 Å². The average molecular weight is 540 g/mol. The molecule has 0 aliphatic rings. The Morgan fingerprint density at radius 1 is 0.974 bits per heavy atom. The van der Waals surface area contributed by atoms with Crippen molar-refractivity contribution in [3.8, 4) is 5.75 Å². The van der Waals surface area contributed by atoms with Gasteiger partial charge in [0.1, 0.15) is 23.4 Å². The number of ether oxygens (including phenoxy) is 1. The van der Waals surface area contributed by atoms with Crippen molar-refractivity contribution in [1.29, 1.82) is 0 Å². The molecule has 2 rings (SSSR count). The van der Waals surface area contributed by atoms with E-state index < -0.39 is 35.6 Å². The molecule has 3 N–H and O–H groups in total. The minimum atomic E-state index is -1.15. The van der Waals surface area contributed by atoms with Crippen molar-refractivity contribution >= 4 is 23.6 Å². The molecular weight excluding hydrogens is 494 g/mol. The van der Waals surface area contributed by atoms with E-state index in [1.807, 2.05) is 59.7 Å². The van der Waals surface area contributed by atoms with Gasteiger partial charge in [-0.2, -0.15) is 0 Å². The van der Waals surface area contributed by atoms with Gasteiger partial charge in [0.05, 0.1) is 0 Å². The van der Waals surface area contributed by atoms with E-state index in [2.05, 4.69) is 10.6 Å². The molecule has 0 saturated carbocycles. The van der Waals surface area contributed by atoms with E-state index in [4.69, 9.17) is 4.74 Å². The van der Waals surface area contributed by atoms with Crippen LogP contribution in [0, 0.1) is 19.8 Å². The molecule has 0 saturated heterocycles. The van der Waals surface area contributed by atoms with Crippen LogP contribution in [-0.4, -0.2) is 45.6 Å². The van der Waals surface area contributed by atoms with Gasteiger partial charge in [-0.25, -0.2) is 4.79 Å². The Hall–Kier alpha value is -3.55. The monoisotopic (exact) mass is 539 g/mol. The molecule has 214 valence electrons. The highest BCUT2D eigenvalue weighted by atomic mass is 16.6. The largest absolute Gasteiger partial charge is 0.508 e. The van der Waals surface area contributed by atoms with Gasteiger partial charge in [-0.05, 0) is 77.5 Å². The van der Waals surface area contributed by atoms with Crippen LogP contribution in [0.3, 0.4) is 0 Å². The summed E-state index contributed by atoms with van der Waals surface area (Å²) >= 11 is 0. The van der Waals surface area contributed by atoms with Gasteiger partial charge in [-0.3, -0.25) is 9.59 Å². The number of nitrogens with one attached hydrogen (secondary N) is 2. The van der Waals surface area contributed by atoms with Crippen LogP contribution in [0.25, 0.3) is 0 Å². The standard InChI is InChI=1S/C31H45N3O5/c1-10-22(6)34(29(37)24(18-19(2)3)32-30(38)39-31(7,8)9)27(23-16-11-12-17-25(23)35)28(36)33-26-20(4)14-13-15-21(26)5/h11-17,19,22,24,27,35H,10,18H2,1-9H3,(H,32,38)(H,33,36). The smallest absolute Gasteiger partial charge is 0.408 e. The summed E-state index contributed by atoms with van der Waals surface area (Å²) in [4.78, 5) is 42.6. The molecule has 0 radical (unpaired) electrons. The Morgan fingerprint density at radius 3 is 2.08 bits per heavy atom. The summed E-state index contributed by atoms with van der Waals surface area (Å²) in [5, 5.41) is 16.6. The quantitative estimate of drug-likeness (QED) is 0.330. The van der Waals surface area contributed by atoms with Gasteiger partial charge in [0, 0.05) is 17.3 Å². The summed E-state index contributed by atoms with van der Waals surface area (Å²) in [6.07, 6.45) is 0.189. The van der Waals surface area contributed by atoms with Crippen molar-refractivity contribution in [1.82, 2.24) is 10.2 Å². The van der Waals surface area contributed by atoms with Gasteiger partial charge >= 0.3 is 6.09 Å². The zero-order valence-electron chi connectivity index (χ0n) is 24.8. The molecule has 3 amide bonds. The first-order chi connectivity index (χ1) is 18.2. The number of carbonyl (C=O) groups is 3. The van der Waals surface area contributed by atoms with Crippen LogP contribution in [-0.2, 0) is 14.3 Å². The maximum absolute atomic E-state index is 14.3. The van der Waals surface area contributed by atoms with Crippen molar-refractivity contribution in [2.45, 2.75) is 98.9 Å². The Bertz CT molecular complexity index is 1130. The van der Waals surface area contributed by atoms with Gasteiger partial charge in [-0.1, -0.05) is 57.2 Å². The number of phenols is 1. The zero-order chi connectivity index (χ0) is 29.5. The number of carbonyl (C=O) groups excluding carboxylic acids is 3. The number of alkyl carbamates (subject to hydrolysis) is 1. The van der Waals surface area contributed by atoms with E-state index in [1.54, 1.807) is 39.0 Å². The molecule has 3 unspecified atom stereocenters. The lowest BCUT2D eigenvalue weighted by Crippen LogP contribution is -2.55. The Labute approximate surface area is 233 Å². The number of hydrogen-bond acceptors (Lipinski definition) is 5. The summed E-state index contributed by atoms with van der Waals surface area (Å²) in [6.45, 7) is 16.8. The number of phenolic OH excluding ortho intramolecular Hbond substituents is 1. The number of rotatable bonds is 10. The van der Waals surface area contributed by atoms with Crippen molar-refractivity contribution < 1.29 is 24.2 Å². The lowest BCUT2D eigenvalue weighted by molar-refractivity contribution is -0.143. The van der Waals surface area contributed by atoms with E-state index in [0.717, 1.165) is 11.1 Å². The highest BCUT2D eigenvalue weighted by Crippen LogP contribution is 2.34. The highest BCUT2D eigenvalue weighted by molar-refractivity contribution is 6.00. The minimum absolute atomic E-state index is 0.0692. The molecule has 0 heterocycles. The van der Waals surface area contributed by atoms with Gasteiger partial charge in [0.15, 0.2) is 0 Å². The molecule has 2 aromatic rings. The van der Waals surface area contributed by atoms with Crippen LogP contribution in [0.5, 0.6) is 5.75 Å². The third-order valence-electron chi connectivity index (χ3n) is 6.50. The molecular formula is C31H45N3O5. The second kappa shape index (κ2) is 13.5. The minimum Gasteiger partial charge on any atom is -0.508 e. The van der Waals surface area contributed by atoms with Gasteiger partial charge in [-0.15, -0.1) is 0 Å². The van der Waals surface area contributed by atoms with Crippen LogP contribution in [0.1, 0.15) is 84.0 Å². The maximum Gasteiger partial charge on any atom is 0.408 e. The molecule has 2 aromatic carbocycles. The van der Waals surface area contributed by atoms with Gasteiger partial charge in [0.2, 0.25) is 5.91 Å². The maximum atomic E-state index is 14.3. The summed E-state index contributed by atoms with van der Waals surface area (Å²) < 4.78 is 5.44. The first-order valence-corrected chi connectivity index (χ1v) is 13.6. The van der Waals surface area contributed by atoms with E-state index in [1.165, 1.54) is 11.0 Å². The fourth-order valence-electron chi connectivity index (χ4n) is 4.46. The number of benzene rings is 2. The molecule has 0 aliphatic heterocycles. The predicted molar refractivity (Wildman–Crippen MR) is 155 cm³/mol. The number of aromatic hydroxyl groups is 1. The number of aryl methyl sites for hydroxylation is 2. The number of hydrogen-bond donors (Lipinski definition) is 3. The van der Waals surface area contributed by atoms with Crippen LogP contribution in [0.15, 0.2) is 42.5 Å². The van der Waals surface area contributed by atoms with E-state index >= 15 is 0 Å². The van der Waals surface area contributed by atoms with Crippen LogP contribution in [0.2, 0.25) is 0 Å². The Morgan fingerprint density at radius 2 is 1.56 bits per heavy atom. The summed E-state index contributed by atoms with van der Waals surface area (Å²) in [5.41, 5.74) is 1.98. The zero-order valence-corrected chi connectivity index (χ0v) is 24.8. The molecule has 0 aromatic heterocycles. The average Bonchev–Trinajstić information content (AvgIpc) is 2.82. The van der Waals surface area contributed by atoms with Crippen LogP contribution < -0.4 is 10.6 Å². The molecule has 0 fully saturated rings. The molecule has 8 nitrogen and oxygen atoms in total. The molecule has 39 heavy (non-hydrogen) atoms. The molecule has 0 spiro atoms. The van der Waals surface area contributed by atoms with Crippen LogP contribution in [0.4, 0.5) is 10.5 Å². The molecule has 0 bridgehead atoms. The number of nitrogens with zero attached hydrogens (tertiary/aromatic N) is 1. The normalized spacial score (nSPS) is 13.8. The van der Waals surface area contributed by atoms with Gasteiger partial charge in [0.25, 0.3) is 5.91 Å². The highest BCUT2D eigenvalue weighted by Gasteiger charge is 2.40. The Kier molecular flexibility index (Phi) is 11.0. The molecule has 8 heteroatoms. The predicted octanol–water partition coefficient (Wildman–Crippen LogP) is 6.26.